The molecule has 0 saturated heterocycles. The highest BCUT2D eigenvalue weighted by Crippen LogP contribution is 2.30. The maximum atomic E-state index is 12.4. The van der Waals surface area contributed by atoms with Crippen molar-refractivity contribution in [2.24, 2.45) is 0 Å². The molecule has 0 radical (unpaired) electrons. The van der Waals surface area contributed by atoms with Gasteiger partial charge in [-0.15, -0.1) is 0 Å². The first-order valence-corrected chi connectivity index (χ1v) is 6.12. The van der Waals surface area contributed by atoms with Crippen LogP contribution in [-0.2, 0) is 12.7 Å². The summed E-state index contributed by atoms with van der Waals surface area (Å²) in [6.07, 6.45) is -2.88. The molecule has 0 unspecified atom stereocenters. The highest BCUT2D eigenvalue weighted by molar-refractivity contribution is 5.33. The summed E-state index contributed by atoms with van der Waals surface area (Å²) in [7, 11) is 0. The Bertz CT molecular complexity index is 663. The molecule has 0 aliphatic heterocycles. The highest BCUT2D eigenvalue weighted by atomic mass is 19.4. The van der Waals surface area contributed by atoms with Gasteiger partial charge in [0.05, 0.1) is 12.1 Å². The van der Waals surface area contributed by atoms with E-state index in [9.17, 15) is 18.0 Å². The normalized spacial score (nSPS) is 11.4. The SMILES string of the molecule is Nc1ccc(=O)n(CCOc2ccc(C(F)(F)F)cc2)c1. The van der Waals surface area contributed by atoms with Gasteiger partial charge in [0, 0.05) is 18.0 Å². The molecule has 0 fully saturated rings. The molecule has 0 bridgehead atoms. The predicted octanol–water partition coefficient (Wildman–Crippen LogP) is 2.53. The van der Waals surface area contributed by atoms with Gasteiger partial charge >= 0.3 is 6.18 Å². The first-order valence-electron chi connectivity index (χ1n) is 6.12. The van der Waals surface area contributed by atoms with Crippen LogP contribution in [0.5, 0.6) is 5.75 Å². The van der Waals surface area contributed by atoms with Gasteiger partial charge in [-0.05, 0) is 30.3 Å². The number of rotatable bonds is 4. The summed E-state index contributed by atoms with van der Waals surface area (Å²) in [5.41, 5.74) is 5.05. The second kappa shape index (κ2) is 5.90. The lowest BCUT2D eigenvalue weighted by molar-refractivity contribution is -0.137. The quantitative estimate of drug-likeness (QED) is 0.943. The number of benzene rings is 1. The van der Waals surface area contributed by atoms with Crippen LogP contribution in [0, 0.1) is 0 Å². The van der Waals surface area contributed by atoms with E-state index in [0.717, 1.165) is 12.1 Å². The number of alkyl halides is 3. The smallest absolute Gasteiger partial charge is 0.416 e. The third-order valence-electron chi connectivity index (χ3n) is 2.79. The second-order valence-electron chi connectivity index (χ2n) is 4.36. The van der Waals surface area contributed by atoms with Gasteiger partial charge < -0.3 is 15.0 Å². The molecule has 2 rings (SSSR count). The molecular formula is C14H13F3N2O2. The molecule has 0 aliphatic rings. The topological polar surface area (TPSA) is 57.2 Å². The van der Waals surface area contributed by atoms with E-state index in [-0.39, 0.29) is 18.7 Å². The summed E-state index contributed by atoms with van der Waals surface area (Å²) in [6, 6.07) is 7.21. The number of nitrogens with zero attached hydrogens (tertiary/aromatic N) is 1. The van der Waals surface area contributed by atoms with Gasteiger partial charge in [0.15, 0.2) is 0 Å². The van der Waals surface area contributed by atoms with Gasteiger partial charge in [-0.25, -0.2) is 0 Å². The zero-order valence-electron chi connectivity index (χ0n) is 10.9. The third-order valence-corrected chi connectivity index (χ3v) is 2.79. The molecule has 0 saturated carbocycles. The van der Waals surface area contributed by atoms with Crippen LogP contribution < -0.4 is 16.0 Å². The van der Waals surface area contributed by atoms with Gasteiger partial charge in [-0.3, -0.25) is 4.79 Å². The number of pyridine rings is 1. The summed E-state index contributed by atoms with van der Waals surface area (Å²) >= 11 is 0. The highest BCUT2D eigenvalue weighted by Gasteiger charge is 2.29. The molecule has 1 aromatic heterocycles. The van der Waals surface area contributed by atoms with E-state index < -0.39 is 11.7 Å². The first-order chi connectivity index (χ1) is 9.86. The molecular weight excluding hydrogens is 285 g/mol. The number of ether oxygens (including phenoxy) is 1. The summed E-state index contributed by atoms with van der Waals surface area (Å²) in [6.45, 7) is 0.402. The summed E-state index contributed by atoms with van der Waals surface area (Å²) in [5, 5.41) is 0. The van der Waals surface area contributed by atoms with E-state index in [1.54, 1.807) is 0 Å². The molecule has 2 N–H and O–H groups in total. The molecule has 21 heavy (non-hydrogen) atoms. The van der Waals surface area contributed by atoms with Crippen molar-refractivity contribution in [1.29, 1.82) is 0 Å². The second-order valence-corrected chi connectivity index (χ2v) is 4.36. The van der Waals surface area contributed by atoms with E-state index >= 15 is 0 Å². The molecule has 0 amide bonds. The third kappa shape index (κ3) is 4.01. The van der Waals surface area contributed by atoms with Crippen LogP contribution in [0.2, 0.25) is 0 Å². The lowest BCUT2D eigenvalue weighted by Crippen LogP contribution is -2.22. The van der Waals surface area contributed by atoms with Crippen LogP contribution in [0.15, 0.2) is 47.4 Å². The molecule has 112 valence electrons. The van der Waals surface area contributed by atoms with Gasteiger partial charge in [-0.2, -0.15) is 13.2 Å². The molecule has 1 aromatic carbocycles. The van der Waals surface area contributed by atoms with E-state index in [4.69, 9.17) is 10.5 Å². The first kappa shape index (κ1) is 15.0. The maximum absolute atomic E-state index is 12.4. The molecule has 2 aromatic rings. The maximum Gasteiger partial charge on any atom is 0.416 e. The van der Waals surface area contributed by atoms with Crippen LogP contribution in [-0.4, -0.2) is 11.2 Å². The Kier molecular flexibility index (Phi) is 4.21. The number of hydrogen-bond acceptors (Lipinski definition) is 3. The van der Waals surface area contributed by atoms with Gasteiger partial charge in [0.2, 0.25) is 0 Å². The molecule has 0 spiro atoms. The van der Waals surface area contributed by atoms with Crippen molar-refractivity contribution in [1.82, 2.24) is 4.57 Å². The molecule has 0 atom stereocenters. The van der Waals surface area contributed by atoms with Gasteiger partial charge in [0.25, 0.3) is 5.56 Å². The summed E-state index contributed by atoms with van der Waals surface area (Å²) in [5.74, 6) is 0.306. The summed E-state index contributed by atoms with van der Waals surface area (Å²) in [4.78, 5) is 11.5. The average molecular weight is 298 g/mol. The lowest BCUT2D eigenvalue weighted by Gasteiger charge is -2.10. The zero-order chi connectivity index (χ0) is 15.5. The monoisotopic (exact) mass is 298 g/mol. The predicted molar refractivity (Wildman–Crippen MR) is 72.1 cm³/mol. The Morgan fingerprint density at radius 3 is 2.38 bits per heavy atom. The van der Waals surface area contributed by atoms with Gasteiger partial charge in [-0.1, -0.05) is 0 Å². The molecule has 0 aliphatic carbocycles. The van der Waals surface area contributed by atoms with Crippen molar-refractivity contribution in [2.45, 2.75) is 12.7 Å². The fraction of sp³-hybridized carbons (Fsp3) is 0.214. The molecule has 4 nitrogen and oxygen atoms in total. The number of aromatic nitrogens is 1. The van der Waals surface area contributed by atoms with E-state index in [0.29, 0.717) is 11.4 Å². The standard InChI is InChI=1S/C14H13F3N2O2/c15-14(16,17)10-1-4-12(5-2-10)21-8-7-19-9-11(18)3-6-13(19)20/h1-6,9H,7-8,18H2. The number of nitrogens with two attached hydrogens (primary N) is 1. The minimum absolute atomic E-state index is 0.148. The Balaban J connectivity index is 1.95. The Hall–Kier alpha value is -2.44. The number of halogens is 3. The van der Waals surface area contributed by atoms with E-state index in [2.05, 4.69) is 0 Å². The van der Waals surface area contributed by atoms with Crippen molar-refractivity contribution in [3.63, 3.8) is 0 Å². The van der Waals surface area contributed by atoms with Crippen LogP contribution in [0.1, 0.15) is 5.56 Å². The lowest BCUT2D eigenvalue weighted by atomic mass is 10.2. The van der Waals surface area contributed by atoms with Crippen LogP contribution in [0.4, 0.5) is 18.9 Å². The Labute approximate surface area is 118 Å². The number of hydrogen-bond donors (Lipinski definition) is 1. The van der Waals surface area contributed by atoms with Gasteiger partial charge in [0.1, 0.15) is 12.4 Å². The van der Waals surface area contributed by atoms with Crippen molar-refractivity contribution in [3.8, 4) is 5.75 Å². The fourth-order valence-corrected chi connectivity index (χ4v) is 1.73. The van der Waals surface area contributed by atoms with E-state index in [1.165, 1.54) is 35.0 Å². The average Bonchev–Trinajstić information content (AvgIpc) is 2.42. The number of anilines is 1. The largest absolute Gasteiger partial charge is 0.492 e. The number of nitrogen functional groups attached to an aromatic ring is 1. The fourth-order valence-electron chi connectivity index (χ4n) is 1.73. The minimum Gasteiger partial charge on any atom is -0.492 e. The van der Waals surface area contributed by atoms with Crippen molar-refractivity contribution in [2.75, 3.05) is 12.3 Å². The van der Waals surface area contributed by atoms with Crippen molar-refractivity contribution >= 4 is 5.69 Å². The Morgan fingerprint density at radius 2 is 1.76 bits per heavy atom. The molecule has 1 heterocycles. The summed E-state index contributed by atoms with van der Waals surface area (Å²) < 4.78 is 43.8. The van der Waals surface area contributed by atoms with Crippen molar-refractivity contribution < 1.29 is 17.9 Å². The van der Waals surface area contributed by atoms with Crippen molar-refractivity contribution in [3.05, 3.63) is 58.5 Å². The van der Waals surface area contributed by atoms with Crippen LogP contribution >= 0.6 is 0 Å². The van der Waals surface area contributed by atoms with Crippen LogP contribution in [0.25, 0.3) is 0 Å². The minimum atomic E-state index is -4.37. The van der Waals surface area contributed by atoms with E-state index in [1.807, 2.05) is 0 Å². The zero-order valence-corrected chi connectivity index (χ0v) is 10.9. The molecule has 7 heteroatoms. The Morgan fingerprint density at radius 1 is 1.10 bits per heavy atom. The van der Waals surface area contributed by atoms with Crippen LogP contribution in [0.3, 0.4) is 0 Å².